The van der Waals surface area contributed by atoms with E-state index in [9.17, 15) is 8.42 Å². The molecule has 0 saturated carbocycles. The highest BCUT2D eigenvalue weighted by atomic mass is 32.2. The molecule has 0 radical (unpaired) electrons. The van der Waals surface area contributed by atoms with E-state index in [0.29, 0.717) is 6.54 Å². The number of nitrogens with zero attached hydrogens (tertiary/aromatic N) is 1. The van der Waals surface area contributed by atoms with Crippen LogP contribution in [0, 0.1) is 5.41 Å². The van der Waals surface area contributed by atoms with Crippen LogP contribution in [0.3, 0.4) is 0 Å². The molecule has 7 heteroatoms. The van der Waals surface area contributed by atoms with Crippen molar-refractivity contribution in [3.8, 4) is 0 Å². The lowest BCUT2D eigenvalue weighted by molar-refractivity contribution is 0.304. The molecule has 0 atom stereocenters. The quantitative estimate of drug-likeness (QED) is 0.191. The third-order valence-corrected chi connectivity index (χ3v) is 3.55. The highest BCUT2D eigenvalue weighted by Gasteiger charge is 2.22. The van der Waals surface area contributed by atoms with Crippen molar-refractivity contribution in [2.75, 3.05) is 25.1 Å². The van der Waals surface area contributed by atoms with E-state index < -0.39 is 9.84 Å². The first-order valence-electron chi connectivity index (χ1n) is 5.55. The normalized spacial score (nSPS) is 13.9. The average molecular weight is 265 g/mol. The molecule has 0 aliphatic heterocycles. The summed E-state index contributed by atoms with van der Waals surface area (Å²) in [6.07, 6.45) is 2.83. The molecule has 0 aromatic rings. The molecular weight excluding hydrogens is 242 g/mol. The highest BCUT2D eigenvalue weighted by molar-refractivity contribution is 7.90. The van der Waals surface area contributed by atoms with Crippen molar-refractivity contribution in [3.63, 3.8) is 0 Å². The lowest BCUT2D eigenvalue weighted by Gasteiger charge is -2.22. The Bertz CT molecular complexity index is 350. The standard InChI is InChI=1S/C10H23N3O3S/c1-10(2,9(11)13-14)5-4-6-12-7-8-17(3,15)16/h12,14H,4-8H2,1-3H3,(H2,11,13). The maximum absolute atomic E-state index is 10.9. The third kappa shape index (κ3) is 7.98. The molecule has 0 saturated heterocycles. The van der Waals surface area contributed by atoms with Gasteiger partial charge in [-0.2, -0.15) is 0 Å². The Morgan fingerprint density at radius 1 is 1.41 bits per heavy atom. The maximum atomic E-state index is 10.9. The molecule has 102 valence electrons. The van der Waals surface area contributed by atoms with Crippen LogP contribution < -0.4 is 11.1 Å². The summed E-state index contributed by atoms with van der Waals surface area (Å²) in [6.45, 7) is 4.98. The first-order valence-corrected chi connectivity index (χ1v) is 7.61. The molecule has 0 aliphatic carbocycles. The summed E-state index contributed by atoms with van der Waals surface area (Å²) < 4.78 is 21.7. The van der Waals surface area contributed by atoms with Gasteiger partial charge in [0.25, 0.3) is 0 Å². The molecule has 4 N–H and O–H groups in total. The van der Waals surface area contributed by atoms with Crippen LogP contribution in [0.2, 0.25) is 0 Å². The molecule has 0 bridgehead atoms. The van der Waals surface area contributed by atoms with Crippen LogP contribution in [0.15, 0.2) is 5.16 Å². The van der Waals surface area contributed by atoms with Crippen LogP contribution in [-0.4, -0.2) is 44.6 Å². The number of hydrogen-bond donors (Lipinski definition) is 3. The van der Waals surface area contributed by atoms with E-state index in [0.717, 1.165) is 19.4 Å². The van der Waals surface area contributed by atoms with Gasteiger partial charge in [0.1, 0.15) is 15.7 Å². The SMILES string of the molecule is CC(C)(CCCNCCS(C)(=O)=O)C(N)=NO. The minimum absolute atomic E-state index is 0.149. The van der Waals surface area contributed by atoms with Gasteiger partial charge >= 0.3 is 0 Å². The second kappa shape index (κ2) is 6.80. The van der Waals surface area contributed by atoms with Crippen molar-refractivity contribution in [1.82, 2.24) is 5.32 Å². The lowest BCUT2D eigenvalue weighted by Crippen LogP contribution is -2.33. The fraction of sp³-hybridized carbons (Fsp3) is 0.900. The Hall–Kier alpha value is -0.820. The van der Waals surface area contributed by atoms with Crippen molar-refractivity contribution in [2.45, 2.75) is 26.7 Å². The number of nitrogens with one attached hydrogen (secondary N) is 1. The predicted molar refractivity (Wildman–Crippen MR) is 69.0 cm³/mol. The largest absolute Gasteiger partial charge is 0.409 e. The molecule has 0 heterocycles. The van der Waals surface area contributed by atoms with E-state index in [4.69, 9.17) is 10.9 Å². The molecule has 0 fully saturated rings. The molecule has 0 aliphatic rings. The van der Waals surface area contributed by atoms with Crippen molar-refractivity contribution >= 4 is 15.7 Å². The number of nitrogens with two attached hydrogens (primary N) is 1. The number of hydrogen-bond acceptors (Lipinski definition) is 5. The van der Waals surface area contributed by atoms with E-state index >= 15 is 0 Å². The van der Waals surface area contributed by atoms with E-state index in [-0.39, 0.29) is 17.0 Å². The highest BCUT2D eigenvalue weighted by Crippen LogP contribution is 2.21. The summed E-state index contributed by atoms with van der Waals surface area (Å²) >= 11 is 0. The van der Waals surface area contributed by atoms with Gasteiger partial charge < -0.3 is 16.3 Å². The fourth-order valence-corrected chi connectivity index (χ4v) is 1.82. The Labute approximate surface area is 103 Å². The van der Waals surface area contributed by atoms with Gasteiger partial charge in [0, 0.05) is 18.2 Å². The molecule has 17 heavy (non-hydrogen) atoms. The first-order chi connectivity index (χ1) is 7.69. The molecule has 0 aromatic carbocycles. The second-order valence-corrected chi connectivity index (χ2v) is 7.11. The van der Waals surface area contributed by atoms with Gasteiger partial charge in [-0.25, -0.2) is 8.42 Å². The number of rotatable bonds is 8. The minimum atomic E-state index is -2.89. The van der Waals surface area contributed by atoms with Gasteiger partial charge in [0.15, 0.2) is 0 Å². The maximum Gasteiger partial charge on any atom is 0.148 e. The summed E-state index contributed by atoms with van der Waals surface area (Å²) in [4.78, 5) is 0. The first kappa shape index (κ1) is 16.2. The van der Waals surface area contributed by atoms with Gasteiger partial charge in [-0.1, -0.05) is 19.0 Å². The predicted octanol–water partition coefficient (Wildman–Crippen LogP) is 0.173. The Balaban J connectivity index is 3.72. The van der Waals surface area contributed by atoms with Gasteiger partial charge in [-0.15, -0.1) is 0 Å². The fourth-order valence-electron chi connectivity index (χ4n) is 1.30. The average Bonchev–Trinajstić information content (AvgIpc) is 2.20. The Morgan fingerprint density at radius 3 is 2.47 bits per heavy atom. The van der Waals surface area contributed by atoms with E-state index in [1.54, 1.807) is 0 Å². The van der Waals surface area contributed by atoms with Crippen molar-refractivity contribution < 1.29 is 13.6 Å². The van der Waals surface area contributed by atoms with Crippen molar-refractivity contribution in [2.24, 2.45) is 16.3 Å². The molecule has 0 rings (SSSR count). The third-order valence-electron chi connectivity index (χ3n) is 2.61. The summed E-state index contributed by atoms with van der Waals surface area (Å²) in [5.74, 6) is 0.366. The van der Waals surface area contributed by atoms with Crippen molar-refractivity contribution in [1.29, 1.82) is 0 Å². The van der Waals surface area contributed by atoms with E-state index in [1.807, 2.05) is 13.8 Å². The van der Waals surface area contributed by atoms with Gasteiger partial charge in [0.2, 0.25) is 0 Å². The summed E-state index contributed by atoms with van der Waals surface area (Å²) in [5, 5.41) is 14.6. The van der Waals surface area contributed by atoms with Crippen molar-refractivity contribution in [3.05, 3.63) is 0 Å². The summed E-state index contributed by atoms with van der Waals surface area (Å²) in [7, 11) is -2.89. The van der Waals surface area contributed by atoms with E-state index in [1.165, 1.54) is 6.26 Å². The molecule has 0 unspecified atom stereocenters. The zero-order valence-corrected chi connectivity index (χ0v) is 11.5. The summed E-state index contributed by atoms with van der Waals surface area (Å²) in [6, 6.07) is 0. The topological polar surface area (TPSA) is 105 Å². The molecule has 0 amide bonds. The Morgan fingerprint density at radius 2 is 2.00 bits per heavy atom. The van der Waals surface area contributed by atoms with Crippen LogP contribution in [0.25, 0.3) is 0 Å². The van der Waals surface area contributed by atoms with Crippen LogP contribution in [0.4, 0.5) is 0 Å². The monoisotopic (exact) mass is 265 g/mol. The number of amidine groups is 1. The zero-order chi connectivity index (χ0) is 13.5. The molecule has 0 spiro atoms. The zero-order valence-electron chi connectivity index (χ0n) is 10.7. The molecular formula is C10H23N3O3S. The number of sulfone groups is 1. The van der Waals surface area contributed by atoms with Gasteiger partial charge in [-0.3, -0.25) is 0 Å². The van der Waals surface area contributed by atoms with Crippen LogP contribution in [-0.2, 0) is 9.84 Å². The van der Waals surface area contributed by atoms with Gasteiger partial charge in [0.05, 0.1) is 5.75 Å². The van der Waals surface area contributed by atoms with Crippen LogP contribution in [0.5, 0.6) is 0 Å². The minimum Gasteiger partial charge on any atom is -0.409 e. The van der Waals surface area contributed by atoms with Crippen LogP contribution >= 0.6 is 0 Å². The smallest absolute Gasteiger partial charge is 0.148 e. The lowest BCUT2D eigenvalue weighted by atomic mass is 9.86. The molecule has 6 nitrogen and oxygen atoms in total. The van der Waals surface area contributed by atoms with E-state index in [2.05, 4.69) is 10.5 Å². The summed E-state index contributed by atoms with van der Waals surface area (Å²) in [5.41, 5.74) is 5.21. The second-order valence-electron chi connectivity index (χ2n) is 4.85. The van der Waals surface area contributed by atoms with Crippen LogP contribution in [0.1, 0.15) is 26.7 Å². The number of oxime groups is 1. The Kier molecular flexibility index (Phi) is 6.48. The molecule has 0 aromatic heterocycles. The van der Waals surface area contributed by atoms with Gasteiger partial charge in [-0.05, 0) is 19.4 Å².